The van der Waals surface area contributed by atoms with Crippen molar-refractivity contribution in [2.45, 2.75) is 30.5 Å². The monoisotopic (exact) mass is 361 g/mol. The fourth-order valence-electron chi connectivity index (χ4n) is 2.63. The van der Waals surface area contributed by atoms with E-state index < -0.39 is 6.55 Å². The minimum Gasteiger partial charge on any atom is -0.326 e. The summed E-state index contributed by atoms with van der Waals surface area (Å²) < 4.78 is 28.1. The Kier molecular flexibility index (Phi) is 5.03. The zero-order valence-electron chi connectivity index (χ0n) is 13.7. The predicted octanol–water partition coefficient (Wildman–Crippen LogP) is 5.24. The fourth-order valence-corrected chi connectivity index (χ4v) is 3.61. The van der Waals surface area contributed by atoms with E-state index in [9.17, 15) is 13.6 Å². The number of nitrogens with zero attached hydrogens (tertiary/aromatic N) is 2. The first-order valence-electron chi connectivity index (χ1n) is 7.75. The van der Waals surface area contributed by atoms with Gasteiger partial charge in [0.2, 0.25) is 5.91 Å². The Morgan fingerprint density at radius 1 is 1.16 bits per heavy atom. The van der Waals surface area contributed by atoms with Crippen LogP contribution in [0.1, 0.15) is 31.5 Å². The number of amides is 1. The first kappa shape index (κ1) is 17.4. The zero-order valence-corrected chi connectivity index (χ0v) is 14.6. The number of anilines is 1. The van der Waals surface area contributed by atoms with Gasteiger partial charge in [-0.25, -0.2) is 4.98 Å². The lowest BCUT2D eigenvalue weighted by Crippen LogP contribution is -2.06. The average Bonchev–Trinajstić information content (AvgIpc) is 2.96. The molecule has 0 spiro atoms. The van der Waals surface area contributed by atoms with Gasteiger partial charge in [0.1, 0.15) is 5.82 Å². The molecule has 2 aromatic carbocycles. The maximum atomic E-state index is 13.5. The second-order valence-electron chi connectivity index (χ2n) is 5.57. The van der Waals surface area contributed by atoms with Crippen LogP contribution in [-0.2, 0) is 4.79 Å². The van der Waals surface area contributed by atoms with Gasteiger partial charge in [-0.1, -0.05) is 12.1 Å². The standard InChI is InChI=1S/C18H17F2N3OS/c1-11(25-14-9-7-13(8-10-14)21-12(2)24)17-22-15-5-3-4-6-16(15)23(17)18(19)20/h3-11,18H,1-2H3,(H,21,24). The molecule has 7 heteroatoms. The summed E-state index contributed by atoms with van der Waals surface area (Å²) in [5, 5.41) is 2.44. The fraction of sp³-hybridized carbons (Fsp3) is 0.222. The van der Waals surface area contributed by atoms with E-state index in [0.717, 1.165) is 9.46 Å². The lowest BCUT2D eigenvalue weighted by molar-refractivity contribution is -0.114. The van der Waals surface area contributed by atoms with Crippen molar-refractivity contribution in [1.82, 2.24) is 9.55 Å². The summed E-state index contributed by atoms with van der Waals surface area (Å²) in [5.41, 5.74) is 1.69. The smallest absolute Gasteiger partial charge is 0.320 e. The number of carbonyl (C=O) groups is 1. The van der Waals surface area contributed by atoms with Crippen LogP contribution in [0.3, 0.4) is 0 Å². The molecule has 130 valence electrons. The van der Waals surface area contributed by atoms with Gasteiger partial charge < -0.3 is 5.32 Å². The largest absolute Gasteiger partial charge is 0.326 e. The Morgan fingerprint density at radius 3 is 2.48 bits per heavy atom. The number of benzene rings is 2. The molecule has 0 saturated carbocycles. The molecule has 1 aromatic heterocycles. The van der Waals surface area contributed by atoms with Crippen LogP contribution in [0.25, 0.3) is 11.0 Å². The Bertz CT molecular complexity index is 893. The van der Waals surface area contributed by atoms with Crippen molar-refractivity contribution in [2.75, 3.05) is 5.32 Å². The van der Waals surface area contributed by atoms with Crippen LogP contribution in [0, 0.1) is 0 Å². The second kappa shape index (κ2) is 7.23. The number of para-hydroxylation sites is 2. The molecule has 0 radical (unpaired) electrons. The number of rotatable bonds is 5. The van der Waals surface area contributed by atoms with Crippen molar-refractivity contribution in [2.24, 2.45) is 0 Å². The highest BCUT2D eigenvalue weighted by Crippen LogP contribution is 2.37. The molecule has 1 N–H and O–H groups in total. The summed E-state index contributed by atoms with van der Waals surface area (Å²) in [4.78, 5) is 16.4. The molecule has 1 heterocycles. The van der Waals surface area contributed by atoms with Gasteiger partial charge in [0, 0.05) is 17.5 Å². The number of imidazole rings is 1. The van der Waals surface area contributed by atoms with Crippen molar-refractivity contribution in [3.63, 3.8) is 0 Å². The lowest BCUT2D eigenvalue weighted by atomic mass is 10.3. The number of halogens is 2. The number of hydrogen-bond donors (Lipinski definition) is 1. The molecule has 0 aliphatic rings. The van der Waals surface area contributed by atoms with Crippen molar-refractivity contribution in [3.8, 4) is 0 Å². The van der Waals surface area contributed by atoms with Gasteiger partial charge in [-0.15, -0.1) is 11.8 Å². The third-order valence-electron chi connectivity index (χ3n) is 3.67. The third kappa shape index (κ3) is 3.82. The van der Waals surface area contributed by atoms with Gasteiger partial charge in [0.25, 0.3) is 0 Å². The zero-order chi connectivity index (χ0) is 18.0. The van der Waals surface area contributed by atoms with Crippen LogP contribution in [0.15, 0.2) is 53.4 Å². The Morgan fingerprint density at radius 2 is 1.84 bits per heavy atom. The van der Waals surface area contributed by atoms with E-state index in [0.29, 0.717) is 22.5 Å². The minimum atomic E-state index is -2.65. The maximum Gasteiger partial charge on any atom is 0.320 e. The highest BCUT2D eigenvalue weighted by atomic mass is 32.2. The molecule has 1 unspecified atom stereocenters. The Hall–Kier alpha value is -2.41. The summed E-state index contributed by atoms with van der Waals surface area (Å²) in [6.07, 6.45) is 0. The summed E-state index contributed by atoms with van der Waals surface area (Å²) in [5.74, 6) is 0.201. The van der Waals surface area contributed by atoms with Crippen LogP contribution in [-0.4, -0.2) is 15.5 Å². The quantitative estimate of drug-likeness (QED) is 0.632. The van der Waals surface area contributed by atoms with Gasteiger partial charge >= 0.3 is 6.55 Å². The topological polar surface area (TPSA) is 46.9 Å². The molecular formula is C18H17F2N3OS. The first-order chi connectivity index (χ1) is 12.0. The van der Waals surface area contributed by atoms with Gasteiger partial charge in [0.05, 0.1) is 16.3 Å². The van der Waals surface area contributed by atoms with Crippen molar-refractivity contribution < 1.29 is 13.6 Å². The number of nitrogens with one attached hydrogen (secondary N) is 1. The van der Waals surface area contributed by atoms with E-state index in [2.05, 4.69) is 10.3 Å². The van der Waals surface area contributed by atoms with Gasteiger partial charge in [0.15, 0.2) is 0 Å². The highest BCUT2D eigenvalue weighted by molar-refractivity contribution is 7.99. The highest BCUT2D eigenvalue weighted by Gasteiger charge is 2.22. The van der Waals surface area contributed by atoms with E-state index in [1.54, 1.807) is 36.4 Å². The van der Waals surface area contributed by atoms with E-state index in [1.807, 2.05) is 19.1 Å². The summed E-state index contributed by atoms with van der Waals surface area (Å²) >= 11 is 1.44. The van der Waals surface area contributed by atoms with E-state index >= 15 is 0 Å². The SMILES string of the molecule is CC(=O)Nc1ccc(SC(C)c2nc3ccccc3n2C(F)F)cc1. The molecule has 3 aromatic rings. The number of carbonyl (C=O) groups excluding carboxylic acids is 1. The Balaban J connectivity index is 1.86. The normalized spacial score (nSPS) is 12.5. The van der Waals surface area contributed by atoms with Crippen LogP contribution in [0.5, 0.6) is 0 Å². The summed E-state index contributed by atoms with van der Waals surface area (Å²) in [7, 11) is 0. The van der Waals surface area contributed by atoms with Gasteiger partial charge in [-0.3, -0.25) is 9.36 Å². The van der Waals surface area contributed by atoms with Crippen LogP contribution >= 0.6 is 11.8 Å². The molecule has 3 rings (SSSR count). The molecule has 0 fully saturated rings. The van der Waals surface area contributed by atoms with Crippen molar-refractivity contribution in [1.29, 1.82) is 0 Å². The number of fused-ring (bicyclic) bond motifs is 1. The number of thioether (sulfide) groups is 1. The number of aromatic nitrogens is 2. The second-order valence-corrected chi connectivity index (χ2v) is 6.99. The summed E-state index contributed by atoms with van der Waals surface area (Å²) in [6, 6.07) is 14.2. The van der Waals surface area contributed by atoms with Gasteiger partial charge in [-0.05, 0) is 43.3 Å². The molecule has 1 amide bonds. The number of hydrogen-bond acceptors (Lipinski definition) is 3. The van der Waals surface area contributed by atoms with Crippen LogP contribution in [0.2, 0.25) is 0 Å². The first-order valence-corrected chi connectivity index (χ1v) is 8.63. The molecule has 25 heavy (non-hydrogen) atoms. The molecule has 1 atom stereocenters. The minimum absolute atomic E-state index is 0.139. The van der Waals surface area contributed by atoms with Crippen LogP contribution < -0.4 is 5.32 Å². The third-order valence-corrected chi connectivity index (χ3v) is 4.78. The summed E-state index contributed by atoms with van der Waals surface area (Å²) in [6.45, 7) is 0.652. The molecule has 0 saturated heterocycles. The number of alkyl halides is 2. The van der Waals surface area contributed by atoms with Crippen LogP contribution in [0.4, 0.5) is 14.5 Å². The molecule has 4 nitrogen and oxygen atoms in total. The molecule has 0 bridgehead atoms. The van der Waals surface area contributed by atoms with Crippen molar-refractivity contribution >= 4 is 34.4 Å². The van der Waals surface area contributed by atoms with E-state index in [-0.39, 0.29) is 11.2 Å². The van der Waals surface area contributed by atoms with Gasteiger partial charge in [-0.2, -0.15) is 8.78 Å². The molecule has 0 aliphatic heterocycles. The van der Waals surface area contributed by atoms with E-state index in [4.69, 9.17) is 0 Å². The molecular weight excluding hydrogens is 344 g/mol. The predicted molar refractivity (Wildman–Crippen MR) is 96.0 cm³/mol. The van der Waals surface area contributed by atoms with E-state index in [1.165, 1.54) is 18.7 Å². The average molecular weight is 361 g/mol. The lowest BCUT2D eigenvalue weighted by Gasteiger charge is -2.14. The maximum absolute atomic E-state index is 13.5. The molecule has 0 aliphatic carbocycles. The van der Waals surface area contributed by atoms with Crippen molar-refractivity contribution in [3.05, 3.63) is 54.4 Å². The Labute approximate surface area is 148 Å².